The molecule has 138 valence electrons. The van der Waals surface area contributed by atoms with Crippen molar-refractivity contribution in [2.45, 2.75) is 46.4 Å². The van der Waals surface area contributed by atoms with E-state index in [4.69, 9.17) is 9.26 Å². The number of rotatable bonds is 9. The van der Waals surface area contributed by atoms with Crippen molar-refractivity contribution in [1.82, 2.24) is 9.88 Å². The van der Waals surface area contributed by atoms with Crippen LogP contribution in [0.5, 0.6) is 5.75 Å². The predicted octanol–water partition coefficient (Wildman–Crippen LogP) is 3.34. The fourth-order valence-corrected chi connectivity index (χ4v) is 3.33. The summed E-state index contributed by atoms with van der Waals surface area (Å²) in [5.74, 6) is 1.07. The monoisotopic (exact) mass is 366 g/mol. The number of aryl methyl sites for hydroxylation is 2. The third-order valence-corrected chi connectivity index (χ3v) is 5.07. The van der Waals surface area contributed by atoms with Gasteiger partial charge in [-0.2, -0.15) is 0 Å². The molecule has 0 bridgehead atoms. The van der Waals surface area contributed by atoms with Crippen LogP contribution in [0.25, 0.3) is 0 Å². The van der Waals surface area contributed by atoms with Gasteiger partial charge in [0.15, 0.2) is 0 Å². The zero-order valence-electron chi connectivity index (χ0n) is 15.2. The van der Waals surface area contributed by atoms with Crippen molar-refractivity contribution in [3.8, 4) is 5.75 Å². The Morgan fingerprint density at radius 2 is 2.04 bits per heavy atom. The van der Waals surface area contributed by atoms with Crippen molar-refractivity contribution in [1.29, 1.82) is 0 Å². The first-order valence-corrected chi connectivity index (χ1v) is 10.0. The Morgan fingerprint density at radius 3 is 2.68 bits per heavy atom. The van der Waals surface area contributed by atoms with E-state index >= 15 is 0 Å². The molecule has 0 spiro atoms. The molecule has 7 heteroatoms. The Labute approximate surface area is 149 Å². The number of hydrogen-bond acceptors (Lipinski definition) is 5. The van der Waals surface area contributed by atoms with Gasteiger partial charge in [0, 0.05) is 17.7 Å². The largest absolute Gasteiger partial charge is 0.493 e. The Hall–Kier alpha value is -1.86. The average Bonchev–Trinajstić information content (AvgIpc) is 2.90. The van der Waals surface area contributed by atoms with Gasteiger partial charge in [-0.1, -0.05) is 31.1 Å². The lowest BCUT2D eigenvalue weighted by atomic mass is 10.1. The molecule has 0 radical (unpaired) electrons. The van der Waals surface area contributed by atoms with E-state index in [9.17, 15) is 8.42 Å². The molecule has 0 aliphatic carbocycles. The van der Waals surface area contributed by atoms with Crippen molar-refractivity contribution in [3.05, 3.63) is 46.8 Å². The minimum Gasteiger partial charge on any atom is -0.493 e. The topological polar surface area (TPSA) is 81.4 Å². The molecule has 0 saturated heterocycles. The Balaban J connectivity index is 2.02. The maximum atomic E-state index is 12.3. The van der Waals surface area contributed by atoms with Crippen molar-refractivity contribution in [2.24, 2.45) is 5.92 Å². The number of benzene rings is 1. The molecule has 6 nitrogen and oxygen atoms in total. The third-order valence-electron chi connectivity index (χ3n) is 3.83. The fourth-order valence-electron chi connectivity index (χ4n) is 2.21. The summed E-state index contributed by atoms with van der Waals surface area (Å²) >= 11 is 0. The van der Waals surface area contributed by atoms with Crippen molar-refractivity contribution >= 4 is 10.0 Å². The molecule has 0 amide bonds. The normalized spacial score (nSPS) is 11.9. The third kappa shape index (κ3) is 6.17. The molecule has 0 fully saturated rings. The van der Waals surface area contributed by atoms with E-state index in [1.54, 1.807) is 6.92 Å². The summed E-state index contributed by atoms with van der Waals surface area (Å²) in [6.45, 7) is 8.81. The first-order valence-electron chi connectivity index (χ1n) is 8.36. The molecule has 1 aromatic heterocycles. The molecule has 2 aromatic rings. The molecule has 1 aromatic carbocycles. The van der Waals surface area contributed by atoms with Gasteiger partial charge in [-0.3, -0.25) is 0 Å². The minimum absolute atomic E-state index is 0.177. The number of aromatic nitrogens is 1. The molecule has 0 unspecified atom stereocenters. The second-order valence-electron chi connectivity index (χ2n) is 6.67. The predicted molar refractivity (Wildman–Crippen MR) is 96.8 cm³/mol. The maximum Gasteiger partial charge on any atom is 0.217 e. The zero-order valence-corrected chi connectivity index (χ0v) is 16.0. The Bertz CT molecular complexity index is 797. The van der Waals surface area contributed by atoms with Gasteiger partial charge >= 0.3 is 0 Å². The van der Waals surface area contributed by atoms with Gasteiger partial charge < -0.3 is 9.26 Å². The van der Waals surface area contributed by atoms with Gasteiger partial charge in [-0.25, -0.2) is 13.1 Å². The van der Waals surface area contributed by atoms with E-state index in [1.807, 2.05) is 25.1 Å². The lowest BCUT2D eigenvalue weighted by Crippen LogP contribution is -2.25. The summed E-state index contributed by atoms with van der Waals surface area (Å²) in [7, 11) is -3.51. The average molecular weight is 366 g/mol. The van der Waals surface area contributed by atoms with Crippen LogP contribution >= 0.6 is 0 Å². The van der Waals surface area contributed by atoms with Crippen molar-refractivity contribution < 1.29 is 17.7 Å². The molecule has 1 N–H and O–H groups in total. The molecule has 1 heterocycles. The lowest BCUT2D eigenvalue weighted by molar-refractivity contribution is 0.286. The highest BCUT2D eigenvalue weighted by atomic mass is 32.2. The number of nitrogens with zero attached hydrogens (tertiary/aromatic N) is 1. The van der Waals surface area contributed by atoms with Crippen LogP contribution in [0.4, 0.5) is 0 Å². The van der Waals surface area contributed by atoms with E-state index < -0.39 is 10.0 Å². The van der Waals surface area contributed by atoms with Crippen LogP contribution in [0.1, 0.15) is 42.7 Å². The molecule has 2 rings (SSSR count). The number of nitrogens with one attached hydrogen (secondary N) is 1. The van der Waals surface area contributed by atoms with Crippen molar-refractivity contribution in [3.63, 3.8) is 0 Å². The van der Waals surface area contributed by atoms with E-state index in [-0.39, 0.29) is 12.3 Å². The van der Waals surface area contributed by atoms with Crippen LogP contribution in [0.2, 0.25) is 0 Å². The highest BCUT2D eigenvalue weighted by molar-refractivity contribution is 7.88. The molecule has 0 aliphatic rings. The highest BCUT2D eigenvalue weighted by Gasteiger charge is 2.17. The smallest absolute Gasteiger partial charge is 0.217 e. The van der Waals surface area contributed by atoms with Crippen LogP contribution in [-0.4, -0.2) is 20.2 Å². The zero-order chi connectivity index (χ0) is 18.4. The molecule has 0 atom stereocenters. The summed E-state index contributed by atoms with van der Waals surface area (Å²) in [5, 5.41) is 3.72. The van der Waals surface area contributed by atoms with Crippen LogP contribution < -0.4 is 9.46 Å². The van der Waals surface area contributed by atoms with Crippen LogP contribution in [0, 0.1) is 19.8 Å². The van der Waals surface area contributed by atoms with Crippen LogP contribution in [0.3, 0.4) is 0 Å². The van der Waals surface area contributed by atoms with E-state index in [1.165, 1.54) is 6.26 Å². The first kappa shape index (κ1) is 19.5. The quantitative estimate of drug-likeness (QED) is 0.736. The SMILES string of the molecule is Cc1ccc(CNS(=O)(=O)Cc2nocc2C)c(OCCC(C)C)c1. The summed E-state index contributed by atoms with van der Waals surface area (Å²) in [4.78, 5) is 0. The molecule has 0 aliphatic heterocycles. The number of hydrogen-bond donors (Lipinski definition) is 1. The van der Waals surface area contributed by atoms with Gasteiger partial charge in [0.25, 0.3) is 0 Å². The van der Waals surface area contributed by atoms with Gasteiger partial charge in [0.2, 0.25) is 10.0 Å². The summed E-state index contributed by atoms with van der Waals surface area (Å²) in [6, 6.07) is 5.77. The Morgan fingerprint density at radius 1 is 1.28 bits per heavy atom. The van der Waals surface area contributed by atoms with Gasteiger partial charge in [-0.05, 0) is 37.8 Å². The second-order valence-corrected chi connectivity index (χ2v) is 8.47. The van der Waals surface area contributed by atoms with Crippen LogP contribution in [-0.2, 0) is 22.3 Å². The molecular formula is C18H26N2O4S. The maximum absolute atomic E-state index is 12.3. The van der Waals surface area contributed by atoms with Crippen molar-refractivity contribution in [2.75, 3.05) is 6.61 Å². The summed E-state index contributed by atoms with van der Waals surface area (Å²) in [6.07, 6.45) is 2.38. The lowest BCUT2D eigenvalue weighted by Gasteiger charge is -2.14. The number of ether oxygens (including phenoxy) is 1. The minimum atomic E-state index is -3.51. The first-order chi connectivity index (χ1) is 11.8. The highest BCUT2D eigenvalue weighted by Crippen LogP contribution is 2.21. The molecular weight excluding hydrogens is 340 g/mol. The van der Waals surface area contributed by atoms with Gasteiger partial charge in [0.05, 0.1) is 6.61 Å². The van der Waals surface area contributed by atoms with E-state index in [2.05, 4.69) is 23.7 Å². The van der Waals surface area contributed by atoms with Gasteiger partial charge in [-0.15, -0.1) is 0 Å². The number of sulfonamides is 1. The summed E-state index contributed by atoms with van der Waals surface area (Å²) < 4.78 is 37.8. The molecule has 25 heavy (non-hydrogen) atoms. The second kappa shape index (κ2) is 8.49. The van der Waals surface area contributed by atoms with E-state index in [0.717, 1.165) is 28.9 Å². The standard InChI is InChI=1S/C18H26N2O4S/c1-13(2)7-8-23-18-9-14(3)5-6-16(18)10-19-25(21,22)12-17-15(4)11-24-20-17/h5-6,9,11,13,19H,7-8,10,12H2,1-4H3. The van der Waals surface area contributed by atoms with E-state index in [0.29, 0.717) is 18.2 Å². The fraction of sp³-hybridized carbons (Fsp3) is 0.500. The summed E-state index contributed by atoms with van der Waals surface area (Å²) in [5.41, 5.74) is 3.03. The molecule has 0 saturated carbocycles. The Kier molecular flexibility index (Phi) is 6.61. The van der Waals surface area contributed by atoms with Crippen LogP contribution in [0.15, 0.2) is 29.0 Å². The van der Waals surface area contributed by atoms with Gasteiger partial charge in [0.1, 0.15) is 23.5 Å².